The fourth-order valence-corrected chi connectivity index (χ4v) is 1.48. The molecule has 1 heterocycles. The van der Waals surface area contributed by atoms with Crippen LogP contribution in [0.5, 0.6) is 0 Å². The van der Waals surface area contributed by atoms with Gasteiger partial charge in [0.1, 0.15) is 11.6 Å². The van der Waals surface area contributed by atoms with Crippen LogP contribution in [0.15, 0.2) is 42.6 Å². The number of rotatable bonds is 3. The summed E-state index contributed by atoms with van der Waals surface area (Å²) in [6.07, 6.45) is 1.53. The number of nitrogens with zero attached hydrogens (tertiary/aromatic N) is 1. The first-order chi connectivity index (χ1) is 8.69. The van der Waals surface area contributed by atoms with Gasteiger partial charge in [-0.1, -0.05) is 6.07 Å². The van der Waals surface area contributed by atoms with Gasteiger partial charge in [-0.25, -0.2) is 9.37 Å². The predicted octanol–water partition coefficient (Wildman–Crippen LogP) is 2.51. The predicted molar refractivity (Wildman–Crippen MR) is 68.1 cm³/mol. The minimum atomic E-state index is -0.390. The van der Waals surface area contributed by atoms with E-state index in [1.54, 1.807) is 25.2 Å². The fraction of sp³-hybridized carbons (Fsp3) is 0.0769. The van der Waals surface area contributed by atoms with Crippen LogP contribution < -0.4 is 10.6 Å². The highest BCUT2D eigenvalue weighted by molar-refractivity contribution is 6.04. The van der Waals surface area contributed by atoms with Crippen LogP contribution >= 0.6 is 0 Å². The highest BCUT2D eigenvalue weighted by Crippen LogP contribution is 2.12. The van der Waals surface area contributed by atoms with Gasteiger partial charge >= 0.3 is 0 Å². The van der Waals surface area contributed by atoms with Gasteiger partial charge < -0.3 is 10.6 Å². The standard InChI is InChI=1S/C13H12FN3O/c1-15-12-7-9(5-6-16-12)13(18)17-11-4-2-3-10(14)8-11/h2-8H,1H3,(H,15,16)(H,17,18). The van der Waals surface area contributed by atoms with Gasteiger partial charge in [-0.2, -0.15) is 0 Å². The molecule has 0 radical (unpaired) electrons. The number of pyridine rings is 1. The third-order valence-corrected chi connectivity index (χ3v) is 2.36. The lowest BCUT2D eigenvalue weighted by molar-refractivity contribution is 0.102. The Hall–Kier alpha value is -2.43. The molecule has 0 aliphatic rings. The number of nitrogens with one attached hydrogen (secondary N) is 2. The van der Waals surface area contributed by atoms with E-state index >= 15 is 0 Å². The second-order valence-corrected chi connectivity index (χ2v) is 3.64. The normalized spacial score (nSPS) is 9.89. The summed E-state index contributed by atoms with van der Waals surface area (Å²) in [6.45, 7) is 0. The molecule has 2 N–H and O–H groups in total. The third kappa shape index (κ3) is 2.82. The summed E-state index contributed by atoms with van der Waals surface area (Å²) < 4.78 is 13.0. The fourth-order valence-electron chi connectivity index (χ4n) is 1.48. The van der Waals surface area contributed by atoms with Gasteiger partial charge in [0.15, 0.2) is 0 Å². The van der Waals surface area contributed by atoms with Gasteiger partial charge in [-0.15, -0.1) is 0 Å². The maximum atomic E-state index is 13.0. The first-order valence-corrected chi connectivity index (χ1v) is 5.40. The molecule has 0 atom stereocenters. The number of anilines is 2. The number of hydrogen-bond donors (Lipinski definition) is 2. The summed E-state index contributed by atoms with van der Waals surface area (Å²) in [5, 5.41) is 5.46. The number of carbonyl (C=O) groups excluding carboxylic acids is 1. The Morgan fingerprint density at radius 3 is 2.83 bits per heavy atom. The molecule has 1 aromatic heterocycles. The molecule has 0 spiro atoms. The smallest absolute Gasteiger partial charge is 0.255 e. The molecule has 1 aromatic carbocycles. The van der Waals surface area contributed by atoms with E-state index in [1.165, 1.54) is 24.4 Å². The molecule has 0 aliphatic heterocycles. The second-order valence-electron chi connectivity index (χ2n) is 3.64. The van der Waals surface area contributed by atoms with Crippen molar-refractivity contribution in [3.63, 3.8) is 0 Å². The molecule has 1 amide bonds. The molecule has 92 valence electrons. The lowest BCUT2D eigenvalue weighted by Gasteiger charge is -2.06. The van der Waals surface area contributed by atoms with E-state index in [9.17, 15) is 9.18 Å². The number of carbonyl (C=O) groups is 1. The van der Waals surface area contributed by atoms with E-state index in [-0.39, 0.29) is 5.91 Å². The Morgan fingerprint density at radius 1 is 1.28 bits per heavy atom. The van der Waals surface area contributed by atoms with E-state index in [0.717, 1.165) is 0 Å². The van der Waals surface area contributed by atoms with Crippen molar-refractivity contribution < 1.29 is 9.18 Å². The van der Waals surface area contributed by atoms with Crippen molar-refractivity contribution in [3.8, 4) is 0 Å². The Bertz CT molecular complexity index is 572. The molecule has 0 aliphatic carbocycles. The molecule has 0 saturated heterocycles. The van der Waals surface area contributed by atoms with Crippen molar-refractivity contribution in [2.45, 2.75) is 0 Å². The van der Waals surface area contributed by atoms with E-state index in [2.05, 4.69) is 15.6 Å². The zero-order valence-electron chi connectivity index (χ0n) is 9.77. The van der Waals surface area contributed by atoms with E-state index < -0.39 is 5.82 Å². The number of aromatic nitrogens is 1. The molecule has 4 nitrogen and oxygen atoms in total. The van der Waals surface area contributed by atoms with Crippen molar-refractivity contribution in [1.29, 1.82) is 0 Å². The van der Waals surface area contributed by atoms with Crippen molar-refractivity contribution >= 4 is 17.4 Å². The van der Waals surface area contributed by atoms with Crippen molar-refractivity contribution in [2.75, 3.05) is 17.7 Å². The summed E-state index contributed by atoms with van der Waals surface area (Å²) in [7, 11) is 1.72. The summed E-state index contributed by atoms with van der Waals surface area (Å²) in [6, 6.07) is 8.96. The quantitative estimate of drug-likeness (QED) is 0.873. The molecule has 0 fully saturated rings. The molecule has 2 rings (SSSR count). The molecule has 2 aromatic rings. The summed E-state index contributed by atoms with van der Waals surface area (Å²) in [5.41, 5.74) is 0.876. The lowest BCUT2D eigenvalue weighted by Crippen LogP contribution is -2.12. The molecular formula is C13H12FN3O. The molecular weight excluding hydrogens is 233 g/mol. The Labute approximate surface area is 104 Å². The first kappa shape index (κ1) is 12.0. The third-order valence-electron chi connectivity index (χ3n) is 2.36. The SMILES string of the molecule is CNc1cc(C(=O)Nc2cccc(F)c2)ccn1. The average molecular weight is 245 g/mol. The zero-order chi connectivity index (χ0) is 13.0. The molecule has 0 bridgehead atoms. The summed E-state index contributed by atoms with van der Waals surface area (Å²) in [4.78, 5) is 15.9. The van der Waals surface area contributed by atoms with Gasteiger partial charge in [0.25, 0.3) is 5.91 Å². The maximum Gasteiger partial charge on any atom is 0.255 e. The van der Waals surface area contributed by atoms with E-state index in [4.69, 9.17) is 0 Å². The van der Waals surface area contributed by atoms with Crippen LogP contribution in [0.25, 0.3) is 0 Å². The second kappa shape index (κ2) is 5.27. The number of hydrogen-bond acceptors (Lipinski definition) is 3. The topological polar surface area (TPSA) is 54.0 Å². The highest BCUT2D eigenvalue weighted by atomic mass is 19.1. The Kier molecular flexibility index (Phi) is 3.52. The van der Waals surface area contributed by atoms with Gasteiger partial charge in [0, 0.05) is 24.5 Å². The van der Waals surface area contributed by atoms with Crippen LogP contribution in [-0.2, 0) is 0 Å². The van der Waals surface area contributed by atoms with Crippen LogP contribution in [0, 0.1) is 5.82 Å². The summed E-state index contributed by atoms with van der Waals surface area (Å²) in [5.74, 6) is -0.0974. The lowest BCUT2D eigenvalue weighted by atomic mass is 10.2. The molecule has 0 unspecified atom stereocenters. The van der Waals surface area contributed by atoms with Crippen LogP contribution in [0.3, 0.4) is 0 Å². The van der Waals surface area contributed by atoms with Gasteiger partial charge in [-0.05, 0) is 30.3 Å². The number of amides is 1. The molecule has 5 heteroatoms. The molecule has 0 saturated carbocycles. The number of benzene rings is 1. The Morgan fingerprint density at radius 2 is 2.11 bits per heavy atom. The van der Waals surface area contributed by atoms with Gasteiger partial charge in [-0.3, -0.25) is 4.79 Å². The van der Waals surface area contributed by atoms with Crippen LogP contribution in [0.2, 0.25) is 0 Å². The van der Waals surface area contributed by atoms with Crippen LogP contribution in [-0.4, -0.2) is 17.9 Å². The minimum absolute atomic E-state index is 0.306. The van der Waals surface area contributed by atoms with E-state index in [0.29, 0.717) is 17.1 Å². The minimum Gasteiger partial charge on any atom is -0.373 e. The number of halogens is 1. The zero-order valence-corrected chi connectivity index (χ0v) is 9.77. The van der Waals surface area contributed by atoms with Gasteiger partial charge in [0.2, 0.25) is 0 Å². The molecule has 18 heavy (non-hydrogen) atoms. The van der Waals surface area contributed by atoms with Crippen LogP contribution in [0.1, 0.15) is 10.4 Å². The van der Waals surface area contributed by atoms with Crippen molar-refractivity contribution in [3.05, 3.63) is 54.0 Å². The Balaban J connectivity index is 2.16. The van der Waals surface area contributed by atoms with E-state index in [1.807, 2.05) is 0 Å². The average Bonchev–Trinajstić information content (AvgIpc) is 2.39. The maximum absolute atomic E-state index is 13.0. The van der Waals surface area contributed by atoms with Crippen molar-refractivity contribution in [1.82, 2.24) is 4.98 Å². The van der Waals surface area contributed by atoms with Gasteiger partial charge in [0.05, 0.1) is 0 Å². The summed E-state index contributed by atoms with van der Waals surface area (Å²) >= 11 is 0. The first-order valence-electron chi connectivity index (χ1n) is 5.40. The largest absolute Gasteiger partial charge is 0.373 e. The monoisotopic (exact) mass is 245 g/mol. The van der Waals surface area contributed by atoms with Crippen molar-refractivity contribution in [2.24, 2.45) is 0 Å². The highest BCUT2D eigenvalue weighted by Gasteiger charge is 2.07. The van der Waals surface area contributed by atoms with Crippen LogP contribution in [0.4, 0.5) is 15.9 Å².